The monoisotopic (exact) mass is 376 g/mol. The summed E-state index contributed by atoms with van der Waals surface area (Å²) in [5.41, 5.74) is 4.63. The summed E-state index contributed by atoms with van der Waals surface area (Å²) in [6.45, 7) is 4.43. The van der Waals surface area contributed by atoms with E-state index in [-0.39, 0.29) is 11.7 Å². The van der Waals surface area contributed by atoms with Crippen molar-refractivity contribution in [2.75, 3.05) is 12.4 Å². The highest BCUT2D eigenvalue weighted by Crippen LogP contribution is 2.25. The average molecular weight is 376 g/mol. The Hall–Kier alpha value is -2.98. The molecule has 1 atom stereocenters. The van der Waals surface area contributed by atoms with Gasteiger partial charge in [-0.25, -0.2) is 4.39 Å². The molecule has 0 aliphatic carbocycles. The molecule has 1 N–H and O–H groups in total. The van der Waals surface area contributed by atoms with E-state index in [1.807, 2.05) is 80.4 Å². The number of likely N-dealkylation sites (N-methyl/N-ethyl adjacent to an activating group) is 1. The number of aryl methyl sites for hydroxylation is 2. The highest BCUT2D eigenvalue weighted by molar-refractivity contribution is 5.96. The van der Waals surface area contributed by atoms with Crippen LogP contribution in [0.4, 0.5) is 10.1 Å². The molecule has 0 saturated heterocycles. The van der Waals surface area contributed by atoms with Crippen LogP contribution in [0.25, 0.3) is 0 Å². The number of anilines is 1. The van der Waals surface area contributed by atoms with Gasteiger partial charge in [0.15, 0.2) is 0 Å². The van der Waals surface area contributed by atoms with E-state index in [4.69, 9.17) is 0 Å². The van der Waals surface area contributed by atoms with Gasteiger partial charge in [-0.2, -0.15) is 0 Å². The first-order valence-corrected chi connectivity index (χ1v) is 9.32. The van der Waals surface area contributed by atoms with Gasteiger partial charge < -0.3 is 5.32 Å². The summed E-state index contributed by atoms with van der Waals surface area (Å²) >= 11 is 0. The lowest BCUT2D eigenvalue weighted by molar-refractivity contribution is -0.121. The number of benzene rings is 3. The molecule has 3 rings (SSSR count). The van der Waals surface area contributed by atoms with Crippen molar-refractivity contribution in [3.63, 3.8) is 0 Å². The maximum Gasteiger partial charge on any atom is 0.246 e. The first-order valence-electron chi connectivity index (χ1n) is 9.32. The number of carbonyl (C=O) groups is 1. The van der Waals surface area contributed by atoms with E-state index in [2.05, 4.69) is 5.32 Å². The third-order valence-electron chi connectivity index (χ3n) is 4.78. The van der Waals surface area contributed by atoms with Crippen LogP contribution in [-0.2, 0) is 11.3 Å². The normalized spacial score (nSPS) is 12.0. The van der Waals surface area contributed by atoms with Crippen molar-refractivity contribution < 1.29 is 9.18 Å². The molecule has 3 aromatic carbocycles. The van der Waals surface area contributed by atoms with E-state index in [1.165, 1.54) is 12.1 Å². The highest BCUT2D eigenvalue weighted by Gasteiger charge is 2.25. The molecule has 0 saturated carbocycles. The smallest absolute Gasteiger partial charge is 0.246 e. The summed E-state index contributed by atoms with van der Waals surface area (Å²) in [6.07, 6.45) is 0. The van der Waals surface area contributed by atoms with Crippen molar-refractivity contribution in [2.45, 2.75) is 26.4 Å². The van der Waals surface area contributed by atoms with Crippen molar-refractivity contribution in [1.82, 2.24) is 4.90 Å². The summed E-state index contributed by atoms with van der Waals surface area (Å²) in [7, 11) is 1.88. The van der Waals surface area contributed by atoms with Crippen LogP contribution in [0.1, 0.15) is 28.3 Å². The maximum atomic E-state index is 13.6. The van der Waals surface area contributed by atoms with Crippen molar-refractivity contribution in [3.05, 3.63) is 101 Å². The Morgan fingerprint density at radius 1 is 1.00 bits per heavy atom. The van der Waals surface area contributed by atoms with Crippen LogP contribution in [0.15, 0.2) is 72.8 Å². The number of hydrogen-bond donors (Lipinski definition) is 1. The fourth-order valence-electron chi connectivity index (χ4n) is 3.33. The molecule has 28 heavy (non-hydrogen) atoms. The molecule has 0 aliphatic heterocycles. The zero-order valence-electron chi connectivity index (χ0n) is 16.4. The Bertz CT molecular complexity index is 956. The summed E-state index contributed by atoms with van der Waals surface area (Å²) in [6, 6.07) is 21.6. The lowest BCUT2D eigenvalue weighted by Crippen LogP contribution is -2.34. The zero-order chi connectivity index (χ0) is 20.1. The van der Waals surface area contributed by atoms with Gasteiger partial charge in [0.05, 0.1) is 0 Å². The van der Waals surface area contributed by atoms with Crippen LogP contribution in [-0.4, -0.2) is 17.9 Å². The van der Waals surface area contributed by atoms with E-state index in [9.17, 15) is 9.18 Å². The molecular weight excluding hydrogens is 351 g/mol. The van der Waals surface area contributed by atoms with E-state index in [1.54, 1.807) is 6.07 Å². The van der Waals surface area contributed by atoms with Gasteiger partial charge in [0, 0.05) is 12.2 Å². The molecule has 0 radical (unpaired) electrons. The standard InChI is InChI=1S/C24H25FN2O/c1-17-12-13-18(2)22(14-17)26-24(28)23(20-9-5-4-6-10-20)27(3)16-19-8-7-11-21(25)15-19/h4-15,23H,16H2,1-3H3,(H,26,28)/t23-/m0/s1. The third kappa shape index (κ3) is 4.84. The minimum absolute atomic E-state index is 0.112. The van der Waals surface area contributed by atoms with E-state index in [0.717, 1.165) is 27.9 Å². The predicted octanol–water partition coefficient (Wildman–Crippen LogP) is 5.25. The lowest BCUT2D eigenvalue weighted by atomic mass is 10.0. The molecule has 0 aliphatic rings. The molecule has 4 heteroatoms. The number of hydrogen-bond acceptors (Lipinski definition) is 2. The van der Waals surface area contributed by atoms with Gasteiger partial charge in [-0.1, -0.05) is 54.6 Å². The Kier molecular flexibility index (Phi) is 6.22. The fourth-order valence-corrected chi connectivity index (χ4v) is 3.33. The molecular formula is C24H25FN2O. The first kappa shape index (κ1) is 19.8. The molecule has 3 aromatic rings. The number of rotatable bonds is 6. The Morgan fingerprint density at radius 3 is 2.46 bits per heavy atom. The van der Waals surface area contributed by atoms with Gasteiger partial charge in [0.2, 0.25) is 5.91 Å². The van der Waals surface area contributed by atoms with E-state index >= 15 is 0 Å². The molecule has 0 heterocycles. The average Bonchev–Trinajstić information content (AvgIpc) is 2.66. The molecule has 3 nitrogen and oxygen atoms in total. The highest BCUT2D eigenvalue weighted by atomic mass is 19.1. The molecule has 0 fully saturated rings. The third-order valence-corrected chi connectivity index (χ3v) is 4.78. The molecule has 0 spiro atoms. The minimum atomic E-state index is -0.496. The minimum Gasteiger partial charge on any atom is -0.324 e. The predicted molar refractivity (Wildman–Crippen MR) is 112 cm³/mol. The SMILES string of the molecule is Cc1ccc(C)c(NC(=O)[C@H](c2ccccc2)N(C)Cc2cccc(F)c2)c1. The van der Waals surface area contributed by atoms with E-state index < -0.39 is 6.04 Å². The molecule has 0 aromatic heterocycles. The molecule has 0 unspecified atom stereocenters. The topological polar surface area (TPSA) is 32.3 Å². The zero-order valence-corrected chi connectivity index (χ0v) is 16.4. The van der Waals surface area contributed by atoms with Crippen molar-refractivity contribution in [3.8, 4) is 0 Å². The second-order valence-electron chi connectivity index (χ2n) is 7.17. The van der Waals surface area contributed by atoms with Crippen molar-refractivity contribution >= 4 is 11.6 Å². The molecule has 144 valence electrons. The van der Waals surface area contributed by atoms with Crippen LogP contribution in [0, 0.1) is 19.7 Å². The molecule has 1 amide bonds. The number of amides is 1. The van der Waals surface area contributed by atoms with E-state index in [0.29, 0.717) is 6.54 Å². The van der Waals surface area contributed by atoms with Crippen LogP contribution in [0.5, 0.6) is 0 Å². The summed E-state index contributed by atoms with van der Waals surface area (Å²) in [4.78, 5) is 15.2. The Labute approximate surface area is 165 Å². The van der Waals surface area contributed by atoms with Crippen molar-refractivity contribution in [1.29, 1.82) is 0 Å². The van der Waals surface area contributed by atoms with Gasteiger partial charge in [0.1, 0.15) is 11.9 Å². The lowest BCUT2D eigenvalue weighted by Gasteiger charge is -2.28. The first-order chi connectivity index (χ1) is 13.4. The van der Waals surface area contributed by atoms with Crippen molar-refractivity contribution in [2.24, 2.45) is 0 Å². The largest absolute Gasteiger partial charge is 0.324 e. The van der Waals surface area contributed by atoms with Gasteiger partial charge in [-0.15, -0.1) is 0 Å². The second-order valence-corrected chi connectivity index (χ2v) is 7.17. The van der Waals surface area contributed by atoms with Gasteiger partial charge in [-0.05, 0) is 61.3 Å². The van der Waals surface area contributed by atoms with Gasteiger partial charge in [0.25, 0.3) is 0 Å². The van der Waals surface area contributed by atoms with Gasteiger partial charge >= 0.3 is 0 Å². The number of nitrogens with one attached hydrogen (secondary N) is 1. The maximum absolute atomic E-state index is 13.6. The van der Waals surface area contributed by atoms with Crippen LogP contribution in [0.2, 0.25) is 0 Å². The van der Waals surface area contributed by atoms with Crippen LogP contribution >= 0.6 is 0 Å². The summed E-state index contributed by atoms with van der Waals surface area (Å²) in [5, 5.41) is 3.07. The fraction of sp³-hybridized carbons (Fsp3) is 0.208. The summed E-state index contributed by atoms with van der Waals surface area (Å²) in [5.74, 6) is -0.388. The Balaban J connectivity index is 1.88. The Morgan fingerprint density at radius 2 is 1.75 bits per heavy atom. The van der Waals surface area contributed by atoms with Gasteiger partial charge in [-0.3, -0.25) is 9.69 Å². The quantitative estimate of drug-likeness (QED) is 0.637. The number of halogens is 1. The van der Waals surface area contributed by atoms with Crippen LogP contribution < -0.4 is 5.32 Å². The molecule has 0 bridgehead atoms. The number of carbonyl (C=O) groups excluding carboxylic acids is 1. The van der Waals surface area contributed by atoms with Crippen LogP contribution in [0.3, 0.4) is 0 Å². The summed E-state index contributed by atoms with van der Waals surface area (Å²) < 4.78 is 13.6. The second kappa shape index (κ2) is 8.81. The number of nitrogens with zero attached hydrogens (tertiary/aromatic N) is 1.